The summed E-state index contributed by atoms with van der Waals surface area (Å²) in [6.45, 7) is 4.36. The molecule has 1 amide bonds. The number of aromatic nitrogens is 2. The number of nitrogens with one attached hydrogen (secondary N) is 2. The number of aryl methyl sites for hydroxylation is 2. The number of unbranched alkanes of at least 4 members (excludes halogenated alkanes) is 2. The maximum absolute atomic E-state index is 12.4. The van der Waals surface area contributed by atoms with Crippen molar-refractivity contribution in [3.05, 3.63) is 52.1 Å². The first-order valence-electron chi connectivity index (χ1n) is 10.2. The van der Waals surface area contributed by atoms with Crippen molar-refractivity contribution < 1.29 is 14.3 Å². The van der Waals surface area contributed by atoms with Gasteiger partial charge in [-0.3, -0.25) is 14.6 Å². The van der Waals surface area contributed by atoms with Crippen LogP contribution in [0.4, 0.5) is 11.4 Å². The smallest absolute Gasteiger partial charge is 0.250 e. The molecule has 0 atom stereocenters. The Morgan fingerprint density at radius 2 is 1.90 bits per heavy atom. The number of carbonyl (C=O) groups excluding carboxylic acids is 1. The number of hydrogen-bond acceptors (Lipinski definition) is 6. The zero-order chi connectivity index (χ0) is 22.4. The number of anilines is 2. The molecule has 2 heterocycles. The van der Waals surface area contributed by atoms with E-state index in [2.05, 4.69) is 15.3 Å². The first-order valence-corrected chi connectivity index (χ1v) is 10.2. The zero-order valence-electron chi connectivity index (χ0n) is 18.1. The molecule has 0 aliphatic rings. The third-order valence-electron chi connectivity index (χ3n) is 5.05. The van der Waals surface area contributed by atoms with Crippen LogP contribution in [0.5, 0.6) is 11.5 Å². The second-order valence-corrected chi connectivity index (χ2v) is 7.47. The Balaban J connectivity index is 1.92. The summed E-state index contributed by atoms with van der Waals surface area (Å²) in [5.74, 6) is 0.724. The van der Waals surface area contributed by atoms with Crippen LogP contribution < -0.4 is 26.1 Å². The van der Waals surface area contributed by atoms with Gasteiger partial charge in [0.2, 0.25) is 5.91 Å². The van der Waals surface area contributed by atoms with Gasteiger partial charge in [0.1, 0.15) is 0 Å². The SMILES string of the molecule is COc1ccc2c(Nc3c(C)cncc3C)cc(=O)[nH]c2c1OCCCCCC(N)=O. The maximum atomic E-state index is 12.4. The standard InChI is InChI=1S/C23H28N4O4/c1-14-12-25-13-15(2)21(14)26-17-11-20(29)27-22-16(17)8-9-18(30-3)23(22)31-10-6-4-5-7-19(24)28/h8-9,11-13H,4-7,10H2,1-3H3,(H2,24,28)(H2,25,26,27,29). The fourth-order valence-electron chi connectivity index (χ4n) is 3.47. The lowest BCUT2D eigenvalue weighted by atomic mass is 10.1. The second-order valence-electron chi connectivity index (χ2n) is 7.47. The molecule has 0 aliphatic carbocycles. The Bertz CT molecular complexity index is 1120. The van der Waals surface area contributed by atoms with Gasteiger partial charge in [-0.15, -0.1) is 0 Å². The maximum Gasteiger partial charge on any atom is 0.250 e. The molecule has 1 aromatic carbocycles. The number of primary amides is 1. The highest BCUT2D eigenvalue weighted by Crippen LogP contribution is 2.37. The average Bonchev–Trinajstić information content (AvgIpc) is 2.72. The van der Waals surface area contributed by atoms with Crippen LogP contribution in [0.3, 0.4) is 0 Å². The molecule has 0 saturated carbocycles. The highest BCUT2D eigenvalue weighted by Gasteiger charge is 2.15. The molecule has 0 aliphatic heterocycles. The van der Waals surface area contributed by atoms with Crippen LogP contribution in [0.15, 0.2) is 35.4 Å². The fourth-order valence-corrected chi connectivity index (χ4v) is 3.47. The van der Waals surface area contributed by atoms with Crippen LogP contribution in [0.2, 0.25) is 0 Å². The first-order chi connectivity index (χ1) is 14.9. The van der Waals surface area contributed by atoms with Gasteiger partial charge in [-0.1, -0.05) is 0 Å². The summed E-state index contributed by atoms with van der Waals surface area (Å²) >= 11 is 0. The highest BCUT2D eigenvalue weighted by atomic mass is 16.5. The van der Waals surface area contributed by atoms with Gasteiger partial charge in [0.15, 0.2) is 11.5 Å². The van der Waals surface area contributed by atoms with Gasteiger partial charge in [-0.2, -0.15) is 0 Å². The summed E-state index contributed by atoms with van der Waals surface area (Å²) < 4.78 is 11.5. The van der Waals surface area contributed by atoms with E-state index in [-0.39, 0.29) is 11.5 Å². The number of rotatable bonds is 10. The molecule has 8 heteroatoms. The molecule has 0 unspecified atom stereocenters. The van der Waals surface area contributed by atoms with Crippen LogP contribution in [0.1, 0.15) is 36.8 Å². The molecule has 0 radical (unpaired) electrons. The van der Waals surface area contributed by atoms with E-state index in [0.29, 0.717) is 35.7 Å². The summed E-state index contributed by atoms with van der Waals surface area (Å²) in [6, 6.07) is 5.24. The van der Waals surface area contributed by atoms with Gasteiger partial charge >= 0.3 is 0 Å². The molecule has 8 nitrogen and oxygen atoms in total. The number of H-pyrrole nitrogens is 1. The van der Waals surface area contributed by atoms with Crippen molar-refractivity contribution in [2.75, 3.05) is 19.0 Å². The number of benzene rings is 1. The van der Waals surface area contributed by atoms with E-state index < -0.39 is 0 Å². The number of aromatic amines is 1. The number of pyridine rings is 2. The number of nitrogens with zero attached hydrogens (tertiary/aromatic N) is 1. The number of methoxy groups -OCH3 is 1. The molecule has 0 bridgehead atoms. The summed E-state index contributed by atoms with van der Waals surface area (Å²) in [4.78, 5) is 30.4. The molecule has 0 saturated heterocycles. The van der Waals surface area contributed by atoms with E-state index in [1.54, 1.807) is 19.5 Å². The summed E-state index contributed by atoms with van der Waals surface area (Å²) in [5, 5.41) is 4.19. The lowest BCUT2D eigenvalue weighted by Gasteiger charge is -2.17. The number of hydrogen-bond donors (Lipinski definition) is 3. The minimum atomic E-state index is -0.297. The van der Waals surface area contributed by atoms with Crippen LogP contribution in [0.25, 0.3) is 10.9 Å². The fraction of sp³-hybridized carbons (Fsp3) is 0.348. The average molecular weight is 425 g/mol. The largest absolute Gasteiger partial charge is 0.493 e. The quantitative estimate of drug-likeness (QED) is 0.427. The number of amides is 1. The van der Waals surface area contributed by atoms with Crippen LogP contribution in [-0.4, -0.2) is 29.6 Å². The van der Waals surface area contributed by atoms with E-state index in [1.807, 2.05) is 26.0 Å². The van der Waals surface area contributed by atoms with Crippen molar-refractivity contribution in [1.82, 2.24) is 9.97 Å². The van der Waals surface area contributed by atoms with Crippen molar-refractivity contribution >= 4 is 28.2 Å². The lowest BCUT2D eigenvalue weighted by Crippen LogP contribution is -2.10. The van der Waals surface area contributed by atoms with Crippen molar-refractivity contribution in [2.45, 2.75) is 39.5 Å². The van der Waals surface area contributed by atoms with Crippen molar-refractivity contribution in [1.29, 1.82) is 0 Å². The third kappa shape index (κ3) is 5.33. The second kappa shape index (κ2) is 9.97. The van der Waals surface area contributed by atoms with Gasteiger partial charge < -0.3 is 25.5 Å². The molecular weight excluding hydrogens is 396 g/mol. The molecule has 4 N–H and O–H groups in total. The van der Waals surface area contributed by atoms with Crippen molar-refractivity contribution in [3.8, 4) is 11.5 Å². The number of nitrogens with two attached hydrogens (primary N) is 1. The Hall–Kier alpha value is -3.55. The van der Waals surface area contributed by atoms with Gasteiger partial charge in [-0.25, -0.2) is 0 Å². The molecule has 2 aromatic heterocycles. The third-order valence-corrected chi connectivity index (χ3v) is 5.05. The molecular formula is C23H28N4O4. The van der Waals surface area contributed by atoms with E-state index in [4.69, 9.17) is 15.2 Å². The Labute approximate surface area is 180 Å². The van der Waals surface area contributed by atoms with Crippen LogP contribution in [-0.2, 0) is 4.79 Å². The molecule has 0 spiro atoms. The van der Waals surface area contributed by atoms with E-state index in [0.717, 1.165) is 41.5 Å². The number of carbonyl (C=O) groups is 1. The van der Waals surface area contributed by atoms with E-state index >= 15 is 0 Å². The van der Waals surface area contributed by atoms with Crippen molar-refractivity contribution in [3.63, 3.8) is 0 Å². The molecule has 3 rings (SSSR count). The Kier molecular flexibility index (Phi) is 7.12. The summed E-state index contributed by atoms with van der Waals surface area (Å²) in [6.07, 6.45) is 6.22. The summed E-state index contributed by atoms with van der Waals surface area (Å²) in [5.41, 5.74) is 9.03. The molecule has 3 aromatic rings. The highest BCUT2D eigenvalue weighted by molar-refractivity contribution is 5.97. The predicted molar refractivity (Wildman–Crippen MR) is 121 cm³/mol. The van der Waals surface area contributed by atoms with Gasteiger partial charge in [-0.05, 0) is 56.4 Å². The Morgan fingerprint density at radius 1 is 1.16 bits per heavy atom. The minimum absolute atomic E-state index is 0.251. The van der Waals surface area contributed by atoms with Crippen LogP contribution in [0, 0.1) is 13.8 Å². The van der Waals surface area contributed by atoms with Gasteiger partial charge in [0.25, 0.3) is 5.56 Å². The van der Waals surface area contributed by atoms with E-state index in [1.165, 1.54) is 6.07 Å². The molecule has 164 valence electrons. The predicted octanol–water partition coefficient (Wildman–Crippen LogP) is 3.72. The lowest BCUT2D eigenvalue weighted by molar-refractivity contribution is -0.118. The normalized spacial score (nSPS) is 10.8. The number of fused-ring (bicyclic) bond motifs is 1. The van der Waals surface area contributed by atoms with Gasteiger partial charge in [0.05, 0.1) is 24.9 Å². The topological polar surface area (TPSA) is 119 Å². The Morgan fingerprint density at radius 3 is 2.58 bits per heavy atom. The summed E-state index contributed by atoms with van der Waals surface area (Å²) in [7, 11) is 1.56. The van der Waals surface area contributed by atoms with E-state index in [9.17, 15) is 9.59 Å². The minimum Gasteiger partial charge on any atom is -0.493 e. The van der Waals surface area contributed by atoms with Crippen LogP contribution >= 0.6 is 0 Å². The first kappa shape index (κ1) is 22.1. The van der Waals surface area contributed by atoms with Crippen molar-refractivity contribution in [2.24, 2.45) is 5.73 Å². The molecule has 31 heavy (non-hydrogen) atoms. The number of ether oxygens (including phenoxy) is 2. The molecule has 0 fully saturated rings. The monoisotopic (exact) mass is 424 g/mol. The van der Waals surface area contributed by atoms with Gasteiger partial charge in [0, 0.05) is 36.0 Å². The zero-order valence-corrected chi connectivity index (χ0v) is 18.1.